The predicted molar refractivity (Wildman–Crippen MR) is 90.7 cm³/mol. The van der Waals surface area contributed by atoms with Gasteiger partial charge in [0.2, 0.25) is 5.91 Å². The van der Waals surface area contributed by atoms with Gasteiger partial charge in [0.1, 0.15) is 5.75 Å². The minimum absolute atomic E-state index is 0.0843. The summed E-state index contributed by atoms with van der Waals surface area (Å²) in [6.45, 7) is 6.31. The van der Waals surface area contributed by atoms with Crippen molar-refractivity contribution in [1.29, 1.82) is 0 Å². The van der Waals surface area contributed by atoms with Gasteiger partial charge in [-0.3, -0.25) is 4.79 Å². The Labute approximate surface area is 136 Å². The molecule has 22 heavy (non-hydrogen) atoms. The first-order chi connectivity index (χ1) is 10.4. The third kappa shape index (κ3) is 3.80. The molecule has 1 N–H and O–H groups in total. The Morgan fingerprint density at radius 2 is 1.86 bits per heavy atom. The summed E-state index contributed by atoms with van der Waals surface area (Å²) in [4.78, 5) is 12.6. The SMILES string of the molecule is CCOc1ccc(NC(=O)C(C)(C)c2cccc(Cl)c2)cc1. The number of anilines is 1. The van der Waals surface area contributed by atoms with Gasteiger partial charge >= 0.3 is 0 Å². The van der Waals surface area contributed by atoms with Crippen molar-refractivity contribution in [2.24, 2.45) is 0 Å². The maximum atomic E-state index is 12.6. The topological polar surface area (TPSA) is 38.3 Å². The lowest BCUT2D eigenvalue weighted by atomic mass is 9.83. The van der Waals surface area contributed by atoms with E-state index in [9.17, 15) is 4.79 Å². The van der Waals surface area contributed by atoms with Crippen molar-refractivity contribution in [2.45, 2.75) is 26.2 Å². The molecule has 2 rings (SSSR count). The van der Waals surface area contributed by atoms with Crippen molar-refractivity contribution >= 4 is 23.2 Å². The molecule has 0 unspecified atom stereocenters. The lowest BCUT2D eigenvalue weighted by molar-refractivity contribution is -0.120. The van der Waals surface area contributed by atoms with Crippen molar-refractivity contribution in [3.8, 4) is 5.75 Å². The predicted octanol–water partition coefficient (Wildman–Crippen LogP) is 4.66. The lowest BCUT2D eigenvalue weighted by Gasteiger charge is -2.24. The molecule has 0 bridgehead atoms. The number of rotatable bonds is 5. The summed E-state index contributed by atoms with van der Waals surface area (Å²) in [6, 6.07) is 14.7. The second-order valence-electron chi connectivity index (χ2n) is 5.55. The van der Waals surface area contributed by atoms with Crippen LogP contribution in [-0.2, 0) is 10.2 Å². The van der Waals surface area contributed by atoms with Gasteiger partial charge in [0.05, 0.1) is 12.0 Å². The van der Waals surface area contributed by atoms with E-state index in [1.54, 1.807) is 6.07 Å². The highest BCUT2D eigenvalue weighted by molar-refractivity contribution is 6.30. The number of ether oxygens (including phenoxy) is 1. The highest BCUT2D eigenvalue weighted by atomic mass is 35.5. The number of benzene rings is 2. The van der Waals surface area contributed by atoms with Crippen LogP contribution in [0.4, 0.5) is 5.69 Å². The van der Waals surface area contributed by atoms with Gasteiger partial charge in [-0.25, -0.2) is 0 Å². The van der Waals surface area contributed by atoms with E-state index in [4.69, 9.17) is 16.3 Å². The van der Waals surface area contributed by atoms with E-state index in [0.717, 1.165) is 17.0 Å². The zero-order valence-electron chi connectivity index (χ0n) is 13.0. The maximum absolute atomic E-state index is 12.6. The number of carbonyl (C=O) groups is 1. The number of amides is 1. The zero-order chi connectivity index (χ0) is 16.2. The summed E-state index contributed by atoms with van der Waals surface area (Å²) in [6.07, 6.45) is 0. The number of nitrogens with one attached hydrogen (secondary N) is 1. The monoisotopic (exact) mass is 317 g/mol. The number of halogens is 1. The fourth-order valence-electron chi connectivity index (χ4n) is 2.10. The van der Waals surface area contributed by atoms with E-state index in [2.05, 4.69) is 5.32 Å². The average molecular weight is 318 g/mol. The van der Waals surface area contributed by atoms with Crippen LogP contribution >= 0.6 is 11.6 Å². The standard InChI is InChI=1S/C18H20ClNO2/c1-4-22-16-10-8-15(9-11-16)20-17(21)18(2,3)13-6-5-7-14(19)12-13/h5-12H,4H2,1-3H3,(H,20,21). The van der Waals surface area contributed by atoms with Crippen LogP contribution in [0, 0.1) is 0 Å². The van der Waals surface area contributed by atoms with Gasteiger partial charge in [0.25, 0.3) is 0 Å². The molecule has 0 aliphatic rings. The largest absolute Gasteiger partial charge is 0.494 e. The van der Waals surface area contributed by atoms with Crippen LogP contribution in [0.2, 0.25) is 5.02 Å². The summed E-state index contributed by atoms with van der Waals surface area (Å²) in [5.41, 5.74) is 0.940. The van der Waals surface area contributed by atoms with E-state index >= 15 is 0 Å². The number of hydrogen-bond acceptors (Lipinski definition) is 2. The number of carbonyl (C=O) groups excluding carboxylic acids is 1. The molecule has 0 saturated carbocycles. The van der Waals surface area contributed by atoms with E-state index in [0.29, 0.717) is 11.6 Å². The van der Waals surface area contributed by atoms with Crippen LogP contribution in [0.25, 0.3) is 0 Å². The quantitative estimate of drug-likeness (QED) is 0.871. The van der Waals surface area contributed by atoms with Gasteiger partial charge in [0.15, 0.2) is 0 Å². The molecule has 1 amide bonds. The Kier molecular flexibility index (Phi) is 5.09. The van der Waals surface area contributed by atoms with Crippen LogP contribution in [0.15, 0.2) is 48.5 Å². The molecule has 0 aliphatic carbocycles. The van der Waals surface area contributed by atoms with Crippen LogP contribution < -0.4 is 10.1 Å². The zero-order valence-corrected chi connectivity index (χ0v) is 13.8. The van der Waals surface area contributed by atoms with Crippen molar-refractivity contribution in [3.05, 3.63) is 59.1 Å². The Balaban J connectivity index is 2.13. The summed E-state index contributed by atoms with van der Waals surface area (Å²) >= 11 is 6.02. The smallest absolute Gasteiger partial charge is 0.234 e. The summed E-state index contributed by atoms with van der Waals surface area (Å²) < 4.78 is 5.39. The van der Waals surface area contributed by atoms with Crippen molar-refractivity contribution in [3.63, 3.8) is 0 Å². The Morgan fingerprint density at radius 3 is 2.45 bits per heavy atom. The van der Waals surface area contributed by atoms with E-state index in [-0.39, 0.29) is 5.91 Å². The van der Waals surface area contributed by atoms with Gasteiger partial charge in [-0.2, -0.15) is 0 Å². The molecule has 3 nitrogen and oxygen atoms in total. The minimum atomic E-state index is -0.677. The Bertz CT molecular complexity index is 650. The van der Waals surface area contributed by atoms with Crippen LogP contribution in [0.1, 0.15) is 26.3 Å². The fourth-order valence-corrected chi connectivity index (χ4v) is 2.29. The molecule has 0 radical (unpaired) electrons. The van der Waals surface area contributed by atoms with Gasteiger partial charge in [-0.1, -0.05) is 23.7 Å². The van der Waals surface area contributed by atoms with Crippen molar-refractivity contribution in [1.82, 2.24) is 0 Å². The van der Waals surface area contributed by atoms with E-state index in [1.807, 2.05) is 63.2 Å². The van der Waals surface area contributed by atoms with Crippen LogP contribution in [-0.4, -0.2) is 12.5 Å². The highest BCUT2D eigenvalue weighted by Crippen LogP contribution is 2.27. The first-order valence-electron chi connectivity index (χ1n) is 7.24. The van der Waals surface area contributed by atoms with Gasteiger partial charge in [0, 0.05) is 10.7 Å². The van der Waals surface area contributed by atoms with Crippen LogP contribution in [0.5, 0.6) is 5.75 Å². The molecular weight excluding hydrogens is 298 g/mol. The minimum Gasteiger partial charge on any atom is -0.494 e. The van der Waals surface area contributed by atoms with Gasteiger partial charge in [-0.05, 0) is 62.7 Å². The van der Waals surface area contributed by atoms with Crippen LogP contribution in [0.3, 0.4) is 0 Å². The molecule has 0 aliphatic heterocycles. The highest BCUT2D eigenvalue weighted by Gasteiger charge is 2.30. The first-order valence-corrected chi connectivity index (χ1v) is 7.61. The molecular formula is C18H20ClNO2. The summed E-state index contributed by atoms with van der Waals surface area (Å²) in [5.74, 6) is 0.702. The molecule has 4 heteroatoms. The normalized spacial score (nSPS) is 11.1. The number of hydrogen-bond donors (Lipinski definition) is 1. The molecule has 2 aromatic rings. The molecule has 2 aromatic carbocycles. The molecule has 0 heterocycles. The molecule has 0 spiro atoms. The molecule has 116 valence electrons. The maximum Gasteiger partial charge on any atom is 0.234 e. The molecule has 0 aromatic heterocycles. The lowest BCUT2D eigenvalue weighted by Crippen LogP contribution is -2.34. The van der Waals surface area contributed by atoms with Crippen molar-refractivity contribution < 1.29 is 9.53 Å². The summed E-state index contributed by atoms with van der Waals surface area (Å²) in [5, 5.41) is 3.56. The second kappa shape index (κ2) is 6.84. The average Bonchev–Trinajstić information content (AvgIpc) is 2.49. The Hall–Kier alpha value is -2.00. The molecule has 0 fully saturated rings. The van der Waals surface area contributed by atoms with E-state index in [1.165, 1.54) is 0 Å². The second-order valence-corrected chi connectivity index (χ2v) is 5.98. The molecule has 0 saturated heterocycles. The third-order valence-corrected chi connectivity index (χ3v) is 3.77. The van der Waals surface area contributed by atoms with Crippen molar-refractivity contribution in [2.75, 3.05) is 11.9 Å². The molecule has 0 atom stereocenters. The van der Waals surface area contributed by atoms with E-state index < -0.39 is 5.41 Å². The Morgan fingerprint density at radius 1 is 1.18 bits per heavy atom. The van der Waals surface area contributed by atoms with Gasteiger partial charge in [-0.15, -0.1) is 0 Å². The first kappa shape index (κ1) is 16.4. The fraction of sp³-hybridized carbons (Fsp3) is 0.278. The third-order valence-electron chi connectivity index (χ3n) is 3.54. The summed E-state index contributed by atoms with van der Waals surface area (Å²) in [7, 11) is 0. The van der Waals surface area contributed by atoms with Gasteiger partial charge < -0.3 is 10.1 Å².